The van der Waals surface area contributed by atoms with E-state index in [1.54, 1.807) is 6.07 Å². The molecule has 0 spiro atoms. The first-order valence-corrected chi connectivity index (χ1v) is 11.7. The average molecular weight is 403 g/mol. The van der Waals surface area contributed by atoms with Gasteiger partial charge >= 0.3 is 0 Å². The minimum atomic E-state index is -2.05. The maximum absolute atomic E-state index is 9.48. The molecule has 4 aromatic carbocycles. The Morgan fingerprint density at radius 3 is 1.23 bits per heavy atom. The Balaban J connectivity index is 2.01. The molecule has 3 heteroatoms. The van der Waals surface area contributed by atoms with Gasteiger partial charge in [0, 0.05) is 0 Å². The van der Waals surface area contributed by atoms with Crippen LogP contribution in [0.4, 0.5) is 0 Å². The van der Waals surface area contributed by atoms with Crippen molar-refractivity contribution < 1.29 is 0 Å². The number of nitriles is 2. The molecule has 0 saturated carbocycles. The molecule has 0 fully saturated rings. The summed E-state index contributed by atoms with van der Waals surface area (Å²) in [6, 6.07) is 41.8. The zero-order chi connectivity index (χ0) is 20.8. The van der Waals surface area contributed by atoms with Gasteiger partial charge < -0.3 is 0 Å². The molecule has 0 bridgehead atoms. The van der Waals surface area contributed by atoms with Gasteiger partial charge in [-0.3, -0.25) is 0 Å². The summed E-state index contributed by atoms with van der Waals surface area (Å²) in [5.74, 6) is 0. The van der Waals surface area contributed by atoms with Crippen LogP contribution in [0.15, 0.2) is 109 Å². The van der Waals surface area contributed by atoms with Crippen LogP contribution in [0.1, 0.15) is 16.7 Å². The molecule has 0 N–H and O–H groups in total. The van der Waals surface area contributed by atoms with Crippen molar-refractivity contribution in [3.63, 3.8) is 0 Å². The summed E-state index contributed by atoms with van der Waals surface area (Å²) in [5.41, 5.74) is 2.06. The van der Waals surface area contributed by atoms with Gasteiger partial charge in [0.1, 0.15) is 23.2 Å². The minimum absolute atomic E-state index is 0.524. The van der Waals surface area contributed by atoms with Crippen molar-refractivity contribution >= 4 is 23.2 Å². The molecule has 0 atom stereocenters. The Morgan fingerprint density at radius 1 is 0.533 bits per heavy atom. The zero-order valence-corrected chi connectivity index (χ0v) is 17.3. The first-order valence-electron chi connectivity index (χ1n) is 9.75. The fourth-order valence-corrected chi connectivity index (χ4v) is 8.17. The van der Waals surface area contributed by atoms with Crippen molar-refractivity contribution in [3.8, 4) is 12.1 Å². The van der Waals surface area contributed by atoms with Crippen LogP contribution < -0.4 is 15.9 Å². The fraction of sp³-hybridized carbons (Fsp3) is 0.0370. The van der Waals surface area contributed by atoms with E-state index < -0.39 is 7.26 Å². The molecular weight excluding hydrogens is 383 g/mol. The van der Waals surface area contributed by atoms with Crippen molar-refractivity contribution in [2.75, 3.05) is 0 Å². The third kappa shape index (κ3) is 3.75. The summed E-state index contributed by atoms with van der Waals surface area (Å²) in [7, 11) is -2.05. The van der Waals surface area contributed by atoms with Crippen molar-refractivity contribution in [2.45, 2.75) is 6.16 Å². The van der Waals surface area contributed by atoms with Crippen molar-refractivity contribution in [1.29, 1.82) is 10.5 Å². The Bertz CT molecular complexity index is 1090. The van der Waals surface area contributed by atoms with Crippen LogP contribution in [0.2, 0.25) is 0 Å². The molecule has 4 rings (SSSR count). The smallest absolute Gasteiger partial charge is 0.116 e. The maximum Gasteiger partial charge on any atom is 0.116 e. The monoisotopic (exact) mass is 403 g/mol. The highest BCUT2D eigenvalue weighted by Crippen LogP contribution is 2.58. The van der Waals surface area contributed by atoms with Gasteiger partial charge in [-0.25, -0.2) is 0 Å². The Kier molecular flexibility index (Phi) is 5.72. The molecule has 0 amide bonds. The second-order valence-corrected chi connectivity index (χ2v) is 10.6. The maximum atomic E-state index is 9.48. The number of hydrogen-bond acceptors (Lipinski definition) is 2. The summed E-state index contributed by atoms with van der Waals surface area (Å²) < 4.78 is 0. The second-order valence-electron chi connectivity index (χ2n) is 7.12. The van der Waals surface area contributed by atoms with Gasteiger partial charge in [-0.05, 0) is 60.2 Å². The summed E-state index contributed by atoms with van der Waals surface area (Å²) in [6.07, 6.45) is 0.745. The lowest BCUT2D eigenvalue weighted by Crippen LogP contribution is -2.32. The number of benzene rings is 4. The number of hydrogen-bond donors (Lipinski definition) is 0. The van der Waals surface area contributed by atoms with Crippen molar-refractivity contribution in [3.05, 3.63) is 126 Å². The van der Waals surface area contributed by atoms with Crippen molar-refractivity contribution in [1.82, 2.24) is 0 Å². The topological polar surface area (TPSA) is 47.6 Å². The highest BCUT2D eigenvalue weighted by atomic mass is 31.2. The van der Waals surface area contributed by atoms with Crippen LogP contribution in [-0.4, -0.2) is 0 Å². The molecule has 0 unspecified atom stereocenters. The number of rotatable bonds is 5. The summed E-state index contributed by atoms with van der Waals surface area (Å²) in [4.78, 5) is 0. The van der Waals surface area contributed by atoms with Crippen LogP contribution >= 0.6 is 7.26 Å². The SMILES string of the molecule is N#Cc1cc(C#N)cc(C[P+](c2ccccc2)(c2ccccc2)c2ccccc2)c1. The molecular formula is C27H20N2P+. The second kappa shape index (κ2) is 8.75. The van der Waals surface area contributed by atoms with Gasteiger partial charge in [-0.15, -0.1) is 0 Å². The quantitative estimate of drug-likeness (QED) is 0.444. The van der Waals surface area contributed by atoms with Gasteiger partial charge in [-0.2, -0.15) is 10.5 Å². The average Bonchev–Trinajstić information content (AvgIpc) is 2.84. The standard InChI is InChI=1S/C27H20N2P/c28-19-22-16-23(20-29)18-24(17-22)21-30(25-10-4-1-5-11-25,26-12-6-2-7-13-26)27-14-8-3-9-15-27/h1-18H,21H2/q+1. The highest BCUT2D eigenvalue weighted by Gasteiger charge is 2.45. The van der Waals surface area contributed by atoms with Gasteiger partial charge in [0.05, 0.1) is 29.4 Å². The molecule has 30 heavy (non-hydrogen) atoms. The van der Waals surface area contributed by atoms with Gasteiger partial charge in [0.15, 0.2) is 0 Å². The zero-order valence-electron chi connectivity index (χ0n) is 16.4. The Hall–Kier alpha value is -3.71. The first kappa shape index (κ1) is 19.6. The molecule has 0 aliphatic rings. The first-order chi connectivity index (χ1) is 14.8. The summed E-state index contributed by atoms with van der Waals surface area (Å²) in [6.45, 7) is 0. The molecule has 0 radical (unpaired) electrons. The Labute approximate surface area is 178 Å². The molecule has 0 aromatic heterocycles. The molecule has 0 aliphatic heterocycles. The van der Waals surface area contributed by atoms with Crippen LogP contribution in [0.25, 0.3) is 0 Å². The molecule has 0 aliphatic carbocycles. The largest absolute Gasteiger partial charge is 0.192 e. The lowest BCUT2D eigenvalue weighted by atomic mass is 10.1. The third-order valence-corrected chi connectivity index (χ3v) is 9.64. The lowest BCUT2D eigenvalue weighted by molar-refractivity contribution is 1.34. The van der Waals surface area contributed by atoms with E-state index in [4.69, 9.17) is 0 Å². The van der Waals surface area contributed by atoms with Crippen molar-refractivity contribution in [2.24, 2.45) is 0 Å². The summed E-state index contributed by atoms with van der Waals surface area (Å²) >= 11 is 0. The van der Waals surface area contributed by atoms with E-state index in [-0.39, 0.29) is 0 Å². The van der Waals surface area contributed by atoms with E-state index in [2.05, 4.69) is 84.9 Å². The van der Waals surface area contributed by atoms with E-state index in [1.807, 2.05) is 30.3 Å². The van der Waals surface area contributed by atoms with E-state index >= 15 is 0 Å². The van der Waals surface area contributed by atoms with E-state index in [1.165, 1.54) is 15.9 Å². The third-order valence-electron chi connectivity index (χ3n) is 5.26. The van der Waals surface area contributed by atoms with Crippen LogP contribution in [0.3, 0.4) is 0 Å². The Morgan fingerprint density at radius 2 is 0.900 bits per heavy atom. The highest BCUT2D eigenvalue weighted by molar-refractivity contribution is 7.95. The van der Waals surface area contributed by atoms with Gasteiger partial charge in [0.2, 0.25) is 0 Å². The fourth-order valence-electron chi connectivity index (χ4n) is 3.95. The predicted molar refractivity (Wildman–Crippen MR) is 125 cm³/mol. The van der Waals surface area contributed by atoms with E-state index in [0.717, 1.165) is 11.7 Å². The van der Waals surface area contributed by atoms with Crippen LogP contribution in [0, 0.1) is 22.7 Å². The molecule has 2 nitrogen and oxygen atoms in total. The van der Waals surface area contributed by atoms with E-state index in [0.29, 0.717) is 11.1 Å². The summed E-state index contributed by atoms with van der Waals surface area (Å²) in [5, 5.41) is 22.8. The molecule has 4 aromatic rings. The molecule has 0 saturated heterocycles. The molecule has 142 valence electrons. The predicted octanol–water partition coefficient (Wildman–Crippen LogP) is 4.92. The van der Waals surface area contributed by atoms with Gasteiger partial charge in [0.25, 0.3) is 0 Å². The van der Waals surface area contributed by atoms with Gasteiger partial charge in [-0.1, -0.05) is 54.6 Å². The van der Waals surface area contributed by atoms with Crippen LogP contribution in [-0.2, 0) is 6.16 Å². The number of nitrogens with zero attached hydrogens (tertiary/aromatic N) is 2. The van der Waals surface area contributed by atoms with E-state index in [9.17, 15) is 10.5 Å². The molecule has 0 heterocycles. The minimum Gasteiger partial charge on any atom is -0.192 e. The lowest BCUT2D eigenvalue weighted by Gasteiger charge is -2.28. The normalized spacial score (nSPS) is 10.7. The van der Waals surface area contributed by atoms with Crippen LogP contribution in [0.5, 0.6) is 0 Å².